The Hall–Kier alpha value is -2.99. The van der Waals surface area contributed by atoms with Crippen molar-refractivity contribution in [2.45, 2.75) is 40.5 Å². The van der Waals surface area contributed by atoms with Crippen molar-refractivity contribution in [1.29, 1.82) is 0 Å². The van der Waals surface area contributed by atoms with E-state index in [1.807, 2.05) is 17.5 Å². The fourth-order valence-corrected chi connectivity index (χ4v) is 4.12. The Morgan fingerprint density at radius 3 is 2.30 bits per heavy atom. The fourth-order valence-electron chi connectivity index (χ4n) is 3.40. The minimum atomic E-state index is -0.522. The number of rotatable bonds is 6. The van der Waals surface area contributed by atoms with Crippen LogP contribution in [-0.4, -0.2) is 23.5 Å². The van der Waals surface area contributed by atoms with Gasteiger partial charge in [-0.25, -0.2) is 9.78 Å². The molecule has 30 heavy (non-hydrogen) atoms. The lowest BCUT2D eigenvalue weighted by atomic mass is 9.98. The first-order chi connectivity index (χ1) is 14.2. The monoisotopic (exact) mass is 422 g/mol. The van der Waals surface area contributed by atoms with Gasteiger partial charge in [0.2, 0.25) is 0 Å². The summed E-state index contributed by atoms with van der Waals surface area (Å²) in [7, 11) is 0. The number of ether oxygens (including phenoxy) is 1. The van der Waals surface area contributed by atoms with Crippen LogP contribution in [0.25, 0.3) is 11.3 Å². The number of esters is 1. The highest BCUT2D eigenvalue weighted by atomic mass is 32.1. The molecular weight excluding hydrogens is 396 g/mol. The van der Waals surface area contributed by atoms with E-state index in [0.29, 0.717) is 16.6 Å². The summed E-state index contributed by atoms with van der Waals surface area (Å²) < 4.78 is 5.13. The number of nitrogens with zero attached hydrogens (tertiary/aromatic N) is 1. The molecule has 0 spiro atoms. The summed E-state index contributed by atoms with van der Waals surface area (Å²) in [6.45, 7) is 9.99. The van der Waals surface area contributed by atoms with E-state index >= 15 is 0 Å². The van der Waals surface area contributed by atoms with Crippen LogP contribution in [-0.2, 0) is 9.53 Å². The Labute approximate surface area is 181 Å². The third kappa shape index (κ3) is 5.13. The molecule has 0 atom stereocenters. The largest absolute Gasteiger partial charge is 0.452 e. The summed E-state index contributed by atoms with van der Waals surface area (Å²) in [5.41, 5.74) is 6.97. The summed E-state index contributed by atoms with van der Waals surface area (Å²) >= 11 is 1.35. The molecule has 1 N–H and O–H groups in total. The number of hydrogen-bond donors (Lipinski definition) is 1. The second-order valence-corrected chi connectivity index (χ2v) is 8.57. The van der Waals surface area contributed by atoms with Crippen LogP contribution in [0.4, 0.5) is 5.13 Å². The van der Waals surface area contributed by atoms with Gasteiger partial charge < -0.3 is 4.74 Å². The molecule has 3 rings (SSSR count). The van der Waals surface area contributed by atoms with Gasteiger partial charge in [-0.1, -0.05) is 43.7 Å². The van der Waals surface area contributed by atoms with Gasteiger partial charge in [-0.15, -0.1) is 11.3 Å². The summed E-state index contributed by atoms with van der Waals surface area (Å²) in [6, 6.07) is 11.5. The second kappa shape index (κ2) is 9.22. The predicted molar refractivity (Wildman–Crippen MR) is 121 cm³/mol. The molecule has 1 aromatic heterocycles. The Morgan fingerprint density at radius 2 is 1.70 bits per heavy atom. The number of aryl methyl sites for hydroxylation is 3. The second-order valence-electron chi connectivity index (χ2n) is 7.71. The lowest BCUT2D eigenvalue weighted by Crippen LogP contribution is -2.20. The highest BCUT2D eigenvalue weighted by Gasteiger charge is 2.14. The third-order valence-electron chi connectivity index (χ3n) is 4.83. The molecular formula is C24H26N2O3S. The quantitative estimate of drug-likeness (QED) is 0.521. The number of anilines is 1. The molecule has 3 aromatic rings. The molecule has 0 saturated carbocycles. The van der Waals surface area contributed by atoms with Gasteiger partial charge in [0, 0.05) is 10.9 Å². The van der Waals surface area contributed by atoms with Crippen molar-refractivity contribution in [2.24, 2.45) is 0 Å². The van der Waals surface area contributed by atoms with Gasteiger partial charge in [0.25, 0.3) is 5.91 Å². The van der Waals surface area contributed by atoms with Gasteiger partial charge in [0.15, 0.2) is 11.7 Å². The van der Waals surface area contributed by atoms with E-state index in [0.717, 1.165) is 27.9 Å². The number of amides is 1. The molecule has 2 aromatic carbocycles. The number of carbonyl (C=O) groups excluding carboxylic acids is 2. The number of benzene rings is 2. The molecule has 0 aliphatic carbocycles. The van der Waals surface area contributed by atoms with Crippen molar-refractivity contribution < 1.29 is 14.3 Å². The van der Waals surface area contributed by atoms with E-state index in [1.165, 1.54) is 16.9 Å². The average Bonchev–Trinajstić information content (AvgIpc) is 3.13. The molecule has 5 nitrogen and oxygen atoms in total. The number of thiazole rings is 1. The van der Waals surface area contributed by atoms with Crippen molar-refractivity contribution in [2.75, 3.05) is 11.9 Å². The van der Waals surface area contributed by atoms with Crippen LogP contribution in [0, 0.1) is 20.8 Å². The molecule has 1 heterocycles. The highest BCUT2D eigenvalue weighted by molar-refractivity contribution is 7.14. The average molecular weight is 423 g/mol. The lowest BCUT2D eigenvalue weighted by Gasteiger charge is -2.09. The highest BCUT2D eigenvalue weighted by Crippen LogP contribution is 2.31. The zero-order valence-corrected chi connectivity index (χ0v) is 18.7. The maximum Gasteiger partial charge on any atom is 0.338 e. The summed E-state index contributed by atoms with van der Waals surface area (Å²) in [6.07, 6.45) is 0. The number of carbonyl (C=O) groups is 2. The molecule has 156 valence electrons. The number of aromatic nitrogens is 1. The first-order valence-electron chi connectivity index (χ1n) is 9.85. The standard InChI is InChI=1S/C24H26N2O3S/c1-14(2)18-6-8-19(9-7-18)23(28)29-12-21(27)26-24-25-20(13-30-24)22-16(4)10-15(3)11-17(22)5/h6-11,13-14H,12H2,1-5H3,(H,25,26,27). The SMILES string of the molecule is Cc1cc(C)c(-c2csc(NC(=O)COC(=O)c3ccc(C(C)C)cc3)n2)c(C)c1. The summed E-state index contributed by atoms with van der Waals surface area (Å²) in [5, 5.41) is 5.10. The fraction of sp³-hybridized carbons (Fsp3) is 0.292. The lowest BCUT2D eigenvalue weighted by molar-refractivity contribution is -0.119. The van der Waals surface area contributed by atoms with Crippen LogP contribution < -0.4 is 5.32 Å². The molecule has 0 unspecified atom stereocenters. The van der Waals surface area contributed by atoms with Crippen LogP contribution in [0.5, 0.6) is 0 Å². The van der Waals surface area contributed by atoms with E-state index < -0.39 is 11.9 Å². The first kappa shape index (κ1) is 21.7. The molecule has 6 heteroatoms. The van der Waals surface area contributed by atoms with Crippen molar-refractivity contribution >= 4 is 28.3 Å². The molecule has 1 amide bonds. The van der Waals surface area contributed by atoms with Gasteiger partial charge in [0.05, 0.1) is 11.3 Å². The predicted octanol–water partition coefficient (Wildman–Crippen LogP) is 5.65. The van der Waals surface area contributed by atoms with Crippen LogP contribution in [0.3, 0.4) is 0 Å². The zero-order valence-electron chi connectivity index (χ0n) is 17.9. The van der Waals surface area contributed by atoms with Crippen molar-refractivity contribution in [3.8, 4) is 11.3 Å². The maximum atomic E-state index is 12.2. The van der Waals surface area contributed by atoms with Gasteiger partial charge in [-0.3, -0.25) is 10.1 Å². The minimum absolute atomic E-state index is 0.359. The molecule has 0 saturated heterocycles. The summed E-state index contributed by atoms with van der Waals surface area (Å²) in [4.78, 5) is 28.9. The van der Waals surface area contributed by atoms with E-state index in [2.05, 4.69) is 57.1 Å². The first-order valence-corrected chi connectivity index (χ1v) is 10.7. The smallest absolute Gasteiger partial charge is 0.338 e. The van der Waals surface area contributed by atoms with Crippen molar-refractivity contribution in [1.82, 2.24) is 4.98 Å². The third-order valence-corrected chi connectivity index (χ3v) is 5.59. The van der Waals surface area contributed by atoms with E-state index in [9.17, 15) is 9.59 Å². The van der Waals surface area contributed by atoms with Crippen LogP contribution in [0.15, 0.2) is 41.8 Å². The van der Waals surface area contributed by atoms with Crippen molar-refractivity contribution in [3.05, 3.63) is 69.6 Å². The number of nitrogens with one attached hydrogen (secondary N) is 1. The minimum Gasteiger partial charge on any atom is -0.452 e. The van der Waals surface area contributed by atoms with E-state index in [1.54, 1.807) is 12.1 Å². The van der Waals surface area contributed by atoms with E-state index in [4.69, 9.17) is 4.74 Å². The zero-order chi connectivity index (χ0) is 21.8. The van der Waals surface area contributed by atoms with E-state index in [-0.39, 0.29) is 6.61 Å². The Bertz CT molecular complexity index is 1050. The Kier molecular flexibility index (Phi) is 6.67. The van der Waals surface area contributed by atoms with Gasteiger partial charge >= 0.3 is 5.97 Å². The van der Waals surface area contributed by atoms with Gasteiger partial charge in [-0.05, 0) is 55.5 Å². The number of hydrogen-bond acceptors (Lipinski definition) is 5. The maximum absolute atomic E-state index is 12.2. The molecule has 0 radical (unpaired) electrons. The molecule has 0 aliphatic heterocycles. The van der Waals surface area contributed by atoms with Crippen molar-refractivity contribution in [3.63, 3.8) is 0 Å². The van der Waals surface area contributed by atoms with Crippen LogP contribution in [0.2, 0.25) is 0 Å². The normalized spacial score (nSPS) is 10.9. The van der Waals surface area contributed by atoms with Gasteiger partial charge in [-0.2, -0.15) is 0 Å². The van der Waals surface area contributed by atoms with Crippen LogP contribution in [0.1, 0.15) is 52.4 Å². The molecule has 0 bridgehead atoms. The van der Waals surface area contributed by atoms with Gasteiger partial charge in [0.1, 0.15) is 0 Å². The Balaban J connectivity index is 1.59. The summed E-state index contributed by atoms with van der Waals surface area (Å²) in [5.74, 6) is -0.553. The van der Waals surface area contributed by atoms with Crippen LogP contribution >= 0.6 is 11.3 Å². The molecule has 0 aliphatic rings. The molecule has 0 fully saturated rings. The Morgan fingerprint density at radius 1 is 1.07 bits per heavy atom. The topological polar surface area (TPSA) is 68.3 Å².